The summed E-state index contributed by atoms with van der Waals surface area (Å²) in [5.41, 5.74) is 0.439. The zero-order chi connectivity index (χ0) is 15.7. The minimum Gasteiger partial charge on any atom is -0.484 e. The molecule has 1 N–H and O–H groups in total. The van der Waals surface area contributed by atoms with Gasteiger partial charge in [0.15, 0.2) is 17.6 Å². The van der Waals surface area contributed by atoms with Gasteiger partial charge in [-0.1, -0.05) is 34.8 Å². The third-order valence-corrected chi connectivity index (χ3v) is 4.84. The molecule has 2 aliphatic heterocycles. The van der Waals surface area contributed by atoms with Gasteiger partial charge in [0.05, 0.1) is 10.0 Å². The van der Waals surface area contributed by atoms with E-state index in [9.17, 15) is 4.79 Å². The number of hydrogen-bond acceptors (Lipinski definition) is 5. The largest absolute Gasteiger partial charge is 0.484 e. The molecule has 22 heavy (non-hydrogen) atoms. The number of halogens is 3. The van der Waals surface area contributed by atoms with E-state index < -0.39 is 6.10 Å². The van der Waals surface area contributed by atoms with Crippen LogP contribution >= 0.6 is 34.8 Å². The van der Waals surface area contributed by atoms with Crippen molar-refractivity contribution in [1.82, 2.24) is 10.2 Å². The second-order valence-corrected chi connectivity index (χ2v) is 6.12. The summed E-state index contributed by atoms with van der Waals surface area (Å²) < 4.78 is 11.5. The molecule has 1 aromatic carbocycles. The van der Waals surface area contributed by atoms with Gasteiger partial charge in [0, 0.05) is 32.2 Å². The van der Waals surface area contributed by atoms with Crippen molar-refractivity contribution < 1.29 is 14.3 Å². The van der Waals surface area contributed by atoms with Gasteiger partial charge < -0.3 is 19.7 Å². The molecule has 3 rings (SSSR count). The molecule has 0 aliphatic carbocycles. The Balaban J connectivity index is 1.86. The number of nitrogens with one attached hydrogen (secondary N) is 1. The van der Waals surface area contributed by atoms with E-state index in [1.165, 1.54) is 6.07 Å². The summed E-state index contributed by atoms with van der Waals surface area (Å²) in [5.74, 6) is 2.70. The molecule has 1 fully saturated rings. The summed E-state index contributed by atoms with van der Waals surface area (Å²) in [5, 5.41) is 3.93. The van der Waals surface area contributed by atoms with Crippen LogP contribution in [0, 0.1) is 0 Å². The maximum Gasteiger partial charge on any atom is 0.183 e. The summed E-state index contributed by atoms with van der Waals surface area (Å²) in [6, 6.07) is 1.54. The zero-order valence-electron chi connectivity index (χ0n) is 11.5. The van der Waals surface area contributed by atoms with Crippen LogP contribution < -0.4 is 14.8 Å². The van der Waals surface area contributed by atoms with E-state index in [2.05, 4.69) is 5.32 Å². The number of carbonyl (C=O) groups excluding carboxylic acids is 1. The van der Waals surface area contributed by atoms with Gasteiger partial charge in [0.2, 0.25) is 0 Å². The molecular weight excluding hydrogens is 351 g/mol. The number of ether oxygens (including phenoxy) is 2. The standard InChI is InChI=1S/C14H13Cl3N2O3/c15-8-5-10-14(13(17)12(8)16)21-7-11(22-10)9(6-20)19-3-1-18-2-4-19/h5,11,18H,1-4,7H2. The molecule has 5 nitrogen and oxygen atoms in total. The van der Waals surface area contributed by atoms with E-state index in [4.69, 9.17) is 44.3 Å². The average molecular weight is 364 g/mol. The van der Waals surface area contributed by atoms with Crippen molar-refractivity contribution in [3.05, 3.63) is 26.8 Å². The lowest BCUT2D eigenvalue weighted by Crippen LogP contribution is -2.47. The topological polar surface area (TPSA) is 50.8 Å². The van der Waals surface area contributed by atoms with Crippen LogP contribution in [0.1, 0.15) is 0 Å². The fourth-order valence-corrected chi connectivity index (χ4v) is 3.13. The van der Waals surface area contributed by atoms with Crippen LogP contribution in [-0.2, 0) is 4.79 Å². The van der Waals surface area contributed by atoms with Crippen molar-refractivity contribution in [2.45, 2.75) is 6.10 Å². The average Bonchev–Trinajstić information content (AvgIpc) is 2.54. The smallest absolute Gasteiger partial charge is 0.183 e. The first-order chi connectivity index (χ1) is 10.6. The van der Waals surface area contributed by atoms with E-state index >= 15 is 0 Å². The summed E-state index contributed by atoms with van der Waals surface area (Å²) in [7, 11) is 0. The minimum absolute atomic E-state index is 0.166. The lowest BCUT2D eigenvalue weighted by Gasteiger charge is -2.35. The predicted octanol–water partition coefficient (Wildman–Crippen LogP) is 2.41. The van der Waals surface area contributed by atoms with E-state index in [-0.39, 0.29) is 21.7 Å². The van der Waals surface area contributed by atoms with Crippen molar-refractivity contribution in [2.75, 3.05) is 32.8 Å². The van der Waals surface area contributed by atoms with Crippen LogP contribution in [0.15, 0.2) is 11.8 Å². The molecule has 1 atom stereocenters. The molecule has 0 radical (unpaired) electrons. The van der Waals surface area contributed by atoms with Crippen LogP contribution in [0.25, 0.3) is 0 Å². The molecule has 1 unspecified atom stereocenters. The molecular formula is C14H13Cl3N2O3. The number of rotatable bonds is 2. The SMILES string of the molecule is O=C=C(C1COc2c(cc(Cl)c(Cl)c2Cl)O1)N1CCNCC1. The normalized spacial score (nSPS) is 20.5. The van der Waals surface area contributed by atoms with Crippen LogP contribution in [0.2, 0.25) is 15.1 Å². The van der Waals surface area contributed by atoms with Crippen molar-refractivity contribution in [3.63, 3.8) is 0 Å². The molecule has 0 saturated carbocycles. The second kappa shape index (κ2) is 6.57. The van der Waals surface area contributed by atoms with Crippen molar-refractivity contribution >= 4 is 40.7 Å². The highest BCUT2D eigenvalue weighted by Gasteiger charge is 2.32. The van der Waals surface area contributed by atoms with Crippen LogP contribution in [0.4, 0.5) is 0 Å². The summed E-state index contributed by atoms with van der Waals surface area (Å²) in [4.78, 5) is 13.3. The van der Waals surface area contributed by atoms with Gasteiger partial charge >= 0.3 is 0 Å². The molecule has 1 aromatic rings. The Bertz CT molecular complexity index is 641. The molecule has 0 amide bonds. The van der Waals surface area contributed by atoms with Crippen molar-refractivity contribution in [2.24, 2.45) is 0 Å². The fourth-order valence-electron chi connectivity index (χ4n) is 2.50. The molecule has 2 heterocycles. The van der Waals surface area contributed by atoms with Crippen LogP contribution in [0.5, 0.6) is 11.5 Å². The fraction of sp³-hybridized carbons (Fsp3) is 0.429. The first kappa shape index (κ1) is 15.8. The van der Waals surface area contributed by atoms with Gasteiger partial charge in [0.25, 0.3) is 0 Å². The number of benzene rings is 1. The maximum atomic E-state index is 11.4. The molecule has 0 aromatic heterocycles. The van der Waals surface area contributed by atoms with Crippen LogP contribution in [0.3, 0.4) is 0 Å². The first-order valence-corrected chi connectivity index (χ1v) is 7.93. The third kappa shape index (κ3) is 2.87. The molecule has 0 spiro atoms. The Morgan fingerprint density at radius 1 is 1.27 bits per heavy atom. The van der Waals surface area contributed by atoms with Gasteiger partial charge in [-0.05, 0) is 0 Å². The lowest BCUT2D eigenvalue weighted by molar-refractivity contribution is 0.0900. The first-order valence-electron chi connectivity index (χ1n) is 6.79. The van der Waals surface area contributed by atoms with Crippen molar-refractivity contribution in [1.29, 1.82) is 0 Å². The number of fused-ring (bicyclic) bond motifs is 1. The maximum absolute atomic E-state index is 11.4. The third-order valence-electron chi connectivity index (χ3n) is 3.60. The molecule has 2 aliphatic rings. The Morgan fingerprint density at radius 2 is 2.00 bits per heavy atom. The predicted molar refractivity (Wildman–Crippen MR) is 85.0 cm³/mol. The highest BCUT2D eigenvalue weighted by atomic mass is 35.5. The van der Waals surface area contributed by atoms with E-state index in [1.807, 2.05) is 10.8 Å². The molecule has 0 bridgehead atoms. The Hall–Kier alpha value is -1.10. The molecule has 118 valence electrons. The minimum atomic E-state index is -0.545. The number of hydrogen-bond donors (Lipinski definition) is 1. The monoisotopic (exact) mass is 362 g/mol. The van der Waals surface area contributed by atoms with Gasteiger partial charge in [-0.25, -0.2) is 4.79 Å². The van der Waals surface area contributed by atoms with E-state index in [1.54, 1.807) is 0 Å². The Labute approximate surface area is 142 Å². The Morgan fingerprint density at radius 3 is 2.68 bits per heavy atom. The summed E-state index contributed by atoms with van der Waals surface area (Å²) in [6.07, 6.45) is -0.545. The van der Waals surface area contributed by atoms with E-state index in [0.29, 0.717) is 17.2 Å². The number of piperazine rings is 1. The summed E-state index contributed by atoms with van der Waals surface area (Å²) in [6.45, 7) is 3.23. The quantitative estimate of drug-likeness (QED) is 0.646. The highest BCUT2D eigenvalue weighted by Crippen LogP contribution is 2.46. The van der Waals surface area contributed by atoms with Crippen LogP contribution in [-0.4, -0.2) is 49.7 Å². The Kier molecular flexibility index (Phi) is 4.71. The van der Waals surface area contributed by atoms with Crippen molar-refractivity contribution in [3.8, 4) is 11.5 Å². The molecule has 1 saturated heterocycles. The van der Waals surface area contributed by atoms with Gasteiger partial charge in [-0.2, -0.15) is 0 Å². The number of nitrogens with zero attached hydrogens (tertiary/aromatic N) is 1. The summed E-state index contributed by atoms with van der Waals surface area (Å²) >= 11 is 18.1. The van der Waals surface area contributed by atoms with E-state index in [0.717, 1.165) is 26.2 Å². The second-order valence-electron chi connectivity index (χ2n) is 4.96. The highest BCUT2D eigenvalue weighted by molar-refractivity contribution is 6.48. The lowest BCUT2D eigenvalue weighted by atomic mass is 10.2. The van der Waals surface area contributed by atoms with Gasteiger partial charge in [-0.15, -0.1) is 0 Å². The van der Waals surface area contributed by atoms with Gasteiger partial charge in [0.1, 0.15) is 23.3 Å². The van der Waals surface area contributed by atoms with Gasteiger partial charge in [-0.3, -0.25) is 0 Å². The zero-order valence-corrected chi connectivity index (χ0v) is 13.8. The molecule has 8 heteroatoms.